The molecule has 1 aromatic rings. The molecule has 1 aliphatic rings. The molecule has 1 aromatic carbocycles. The maximum absolute atomic E-state index is 5.37. The van der Waals surface area contributed by atoms with Crippen molar-refractivity contribution in [1.29, 1.82) is 0 Å². The maximum Gasteiger partial charge on any atom is 1.00 e. The van der Waals surface area contributed by atoms with Crippen molar-refractivity contribution in [2.24, 2.45) is 11.8 Å². The Balaban J connectivity index is 0.00000144. The third kappa shape index (κ3) is 4.23. The number of hydrogen-bond donors (Lipinski definition) is 0. The predicted molar refractivity (Wildman–Crippen MR) is 67.7 cm³/mol. The van der Waals surface area contributed by atoms with E-state index in [2.05, 4.69) is 56.5 Å². The van der Waals surface area contributed by atoms with E-state index in [1.54, 1.807) is 0 Å². The molecule has 2 rings (SSSR count). The number of benzene rings is 1. The van der Waals surface area contributed by atoms with Gasteiger partial charge in [-0.1, -0.05) is 0 Å². The van der Waals surface area contributed by atoms with Crippen LogP contribution in [-0.2, 0) is 4.74 Å². The summed E-state index contributed by atoms with van der Waals surface area (Å²) in [7, 11) is 0. The van der Waals surface area contributed by atoms with E-state index in [1.807, 2.05) is 0 Å². The van der Waals surface area contributed by atoms with Gasteiger partial charge in [0, 0.05) is 0 Å². The molecule has 1 heterocycles. The Kier molecular flexibility index (Phi) is 6.45. The molecule has 0 aromatic heterocycles. The van der Waals surface area contributed by atoms with E-state index in [9.17, 15) is 0 Å². The first kappa shape index (κ1) is 14.9. The van der Waals surface area contributed by atoms with Gasteiger partial charge in [0.25, 0.3) is 0 Å². The van der Waals surface area contributed by atoms with Crippen molar-refractivity contribution in [3.63, 3.8) is 0 Å². The number of ether oxygens (including phenoxy) is 1. The standard InChI is InChI=1S/C14H17OSe.Li/c1-11-12(2)15-9-8-13(11)10-16-14-6-4-3-5-7-14;/h3-8,11-13H,10H2,1-2H3;/q-1;+1/t11-,12+,13?;/m0./s1. The zero-order valence-corrected chi connectivity index (χ0v) is 12.4. The molecule has 1 nitrogen and oxygen atoms in total. The van der Waals surface area contributed by atoms with Crippen molar-refractivity contribution in [2.45, 2.75) is 25.3 Å². The second-order valence-corrected chi connectivity index (χ2v) is 6.55. The Morgan fingerprint density at radius 2 is 1.94 bits per heavy atom. The Morgan fingerprint density at radius 3 is 2.65 bits per heavy atom. The molecular weight excluding hydrogens is 270 g/mol. The second kappa shape index (κ2) is 7.34. The average molecular weight is 287 g/mol. The Labute approximate surface area is 122 Å². The Hall–Kier alpha value is -0.123. The molecule has 3 atom stereocenters. The van der Waals surface area contributed by atoms with E-state index in [0.29, 0.717) is 32.9 Å². The minimum Gasteiger partial charge on any atom is 1.00 e. The van der Waals surface area contributed by atoms with Gasteiger partial charge in [-0.2, -0.15) is 0 Å². The third-order valence-corrected chi connectivity index (χ3v) is 5.57. The minimum absolute atomic E-state index is 0. The van der Waals surface area contributed by atoms with Crippen molar-refractivity contribution in [2.75, 3.05) is 0 Å². The van der Waals surface area contributed by atoms with Crippen LogP contribution in [0.1, 0.15) is 13.8 Å². The van der Waals surface area contributed by atoms with Gasteiger partial charge in [0.15, 0.2) is 0 Å². The van der Waals surface area contributed by atoms with E-state index in [0.717, 1.165) is 0 Å². The monoisotopic (exact) mass is 288 g/mol. The van der Waals surface area contributed by atoms with E-state index in [4.69, 9.17) is 4.74 Å². The van der Waals surface area contributed by atoms with Crippen LogP contribution in [0, 0.1) is 18.1 Å². The van der Waals surface area contributed by atoms with Crippen LogP contribution >= 0.6 is 0 Å². The van der Waals surface area contributed by atoms with Crippen LogP contribution in [0.2, 0.25) is 5.32 Å². The molecule has 0 saturated heterocycles. The molecule has 1 unspecified atom stereocenters. The quantitative estimate of drug-likeness (QED) is 0.534. The predicted octanol–water partition coefficient (Wildman–Crippen LogP) is -0.574. The first-order chi connectivity index (χ1) is 7.77. The fourth-order valence-electron chi connectivity index (χ4n) is 1.75. The third-order valence-electron chi connectivity index (χ3n) is 3.14. The largest absolute Gasteiger partial charge is 1.00 e. The molecule has 1 aliphatic heterocycles. The van der Waals surface area contributed by atoms with Crippen molar-refractivity contribution >= 4 is 19.4 Å². The summed E-state index contributed by atoms with van der Waals surface area (Å²) in [5, 5.41) is 1.25. The Bertz CT molecular complexity index is 352. The van der Waals surface area contributed by atoms with Gasteiger partial charge in [-0.15, -0.1) is 0 Å². The first-order valence-corrected chi connectivity index (χ1v) is 7.76. The first-order valence-electron chi connectivity index (χ1n) is 5.69. The zero-order valence-electron chi connectivity index (χ0n) is 10.7. The van der Waals surface area contributed by atoms with Crippen molar-refractivity contribution in [1.82, 2.24) is 0 Å². The fraction of sp³-hybridized carbons (Fsp3) is 0.429. The molecule has 0 bridgehead atoms. The molecule has 0 radical (unpaired) electrons. The molecule has 0 amide bonds. The van der Waals surface area contributed by atoms with Crippen molar-refractivity contribution in [3.05, 3.63) is 42.7 Å². The van der Waals surface area contributed by atoms with Gasteiger partial charge in [-0.25, -0.2) is 0 Å². The molecule has 3 heteroatoms. The van der Waals surface area contributed by atoms with Gasteiger partial charge >= 0.3 is 123 Å². The van der Waals surface area contributed by atoms with Crippen LogP contribution in [0.15, 0.2) is 36.4 Å². The van der Waals surface area contributed by atoms with Crippen molar-refractivity contribution in [3.8, 4) is 0 Å². The van der Waals surface area contributed by atoms with Crippen LogP contribution in [0.4, 0.5) is 0 Å². The summed E-state index contributed by atoms with van der Waals surface area (Å²) < 4.78 is 6.85. The van der Waals surface area contributed by atoms with E-state index in [1.165, 1.54) is 9.78 Å². The molecule has 0 fully saturated rings. The maximum atomic E-state index is 5.37. The molecule has 0 aliphatic carbocycles. The molecule has 0 N–H and O–H groups in total. The smallest absolute Gasteiger partial charge is 1.00 e. The zero-order chi connectivity index (χ0) is 11.4. The summed E-state index contributed by atoms with van der Waals surface area (Å²) in [6.45, 7) is 4.40. The van der Waals surface area contributed by atoms with Crippen LogP contribution in [0.3, 0.4) is 0 Å². The van der Waals surface area contributed by atoms with E-state index in [-0.39, 0.29) is 18.9 Å². The number of allylic oxidation sites excluding steroid dienone is 1. The summed E-state index contributed by atoms with van der Waals surface area (Å²) in [6, 6.07) is 10.8. The average Bonchev–Trinajstić information content (AvgIpc) is 2.32. The fourth-order valence-corrected chi connectivity index (χ4v) is 4.13. The van der Waals surface area contributed by atoms with Gasteiger partial charge in [-0.05, 0) is 0 Å². The van der Waals surface area contributed by atoms with Crippen LogP contribution in [0.25, 0.3) is 0 Å². The van der Waals surface area contributed by atoms with Gasteiger partial charge in [0.05, 0.1) is 0 Å². The van der Waals surface area contributed by atoms with Crippen molar-refractivity contribution < 1.29 is 23.6 Å². The van der Waals surface area contributed by atoms with Gasteiger partial charge < -0.3 is 0 Å². The van der Waals surface area contributed by atoms with E-state index < -0.39 is 0 Å². The van der Waals surface area contributed by atoms with Gasteiger partial charge in [0.2, 0.25) is 0 Å². The number of rotatable bonds is 3. The van der Waals surface area contributed by atoms with Crippen LogP contribution in [0.5, 0.6) is 0 Å². The summed E-state index contributed by atoms with van der Waals surface area (Å²) in [5.74, 6) is 1.23. The number of hydrogen-bond acceptors (Lipinski definition) is 1. The molecule has 0 saturated carbocycles. The Morgan fingerprint density at radius 1 is 1.24 bits per heavy atom. The molecule has 0 spiro atoms. The SMILES string of the molecule is C[C@@H]1C(C[Se]c2ccccc2)C=[C-]O[C@@H]1C.[Li+]. The molecule has 17 heavy (non-hydrogen) atoms. The van der Waals surface area contributed by atoms with Crippen LogP contribution in [-0.4, -0.2) is 21.1 Å². The van der Waals surface area contributed by atoms with Gasteiger partial charge in [0.1, 0.15) is 0 Å². The molecule has 86 valence electrons. The topological polar surface area (TPSA) is 9.23 Å². The summed E-state index contributed by atoms with van der Waals surface area (Å²) in [6.07, 6.45) is 5.35. The summed E-state index contributed by atoms with van der Waals surface area (Å²) in [5.41, 5.74) is 0. The van der Waals surface area contributed by atoms with E-state index >= 15 is 0 Å². The van der Waals surface area contributed by atoms with Crippen LogP contribution < -0.4 is 23.3 Å². The minimum atomic E-state index is 0. The van der Waals surface area contributed by atoms with Gasteiger partial charge in [-0.3, -0.25) is 0 Å². The second-order valence-electron chi connectivity index (χ2n) is 4.25. The summed E-state index contributed by atoms with van der Waals surface area (Å²) >= 11 is 0.565. The normalized spacial score (nSPS) is 27.1. The summed E-state index contributed by atoms with van der Waals surface area (Å²) in [4.78, 5) is 0. The molecular formula is C14H17LiOSe.